The summed E-state index contributed by atoms with van der Waals surface area (Å²) in [6.45, 7) is 2.00. The lowest BCUT2D eigenvalue weighted by atomic mass is 10.2. The van der Waals surface area contributed by atoms with Crippen LogP contribution >= 0.6 is 23.2 Å². The summed E-state index contributed by atoms with van der Waals surface area (Å²) in [6, 6.07) is 0. The lowest BCUT2D eigenvalue weighted by Gasteiger charge is -2.06. The average Bonchev–Trinajstić information content (AvgIpc) is 1.87. The Morgan fingerprint density at radius 3 is 2.44 bits per heavy atom. The fourth-order valence-electron chi connectivity index (χ4n) is 0.520. The zero-order valence-corrected chi connectivity index (χ0v) is 6.82. The standard InChI is InChI=1S/C6H10Cl2O/c1-2-3-5(7)6(8)4-9/h4-6H,2-3H2,1H3. The quantitative estimate of drug-likeness (QED) is 0.465. The second kappa shape index (κ2) is 5.07. The van der Waals surface area contributed by atoms with Crippen molar-refractivity contribution in [2.75, 3.05) is 0 Å². The first kappa shape index (κ1) is 9.25. The fourth-order valence-corrected chi connectivity index (χ4v) is 0.924. The van der Waals surface area contributed by atoms with Gasteiger partial charge in [-0.2, -0.15) is 0 Å². The van der Waals surface area contributed by atoms with Crippen LogP contribution in [-0.4, -0.2) is 17.0 Å². The van der Waals surface area contributed by atoms with Crippen LogP contribution in [0.1, 0.15) is 19.8 Å². The second-order valence-corrected chi connectivity index (χ2v) is 2.95. The first-order valence-corrected chi connectivity index (χ1v) is 3.83. The van der Waals surface area contributed by atoms with Crippen LogP contribution in [0.15, 0.2) is 0 Å². The van der Waals surface area contributed by atoms with Crippen molar-refractivity contribution in [2.45, 2.75) is 30.5 Å². The molecule has 0 aliphatic carbocycles. The molecule has 9 heavy (non-hydrogen) atoms. The molecule has 0 N–H and O–H groups in total. The Morgan fingerprint density at radius 2 is 2.11 bits per heavy atom. The van der Waals surface area contributed by atoms with E-state index in [9.17, 15) is 4.79 Å². The summed E-state index contributed by atoms with van der Waals surface area (Å²) in [5, 5.41) is -0.721. The predicted molar refractivity (Wildman–Crippen MR) is 40.3 cm³/mol. The highest BCUT2D eigenvalue weighted by atomic mass is 35.5. The number of halogens is 2. The van der Waals surface area contributed by atoms with Crippen LogP contribution in [0.25, 0.3) is 0 Å². The number of carbonyl (C=O) groups is 1. The van der Waals surface area contributed by atoms with Crippen molar-refractivity contribution in [1.82, 2.24) is 0 Å². The first-order valence-electron chi connectivity index (χ1n) is 2.95. The van der Waals surface area contributed by atoms with Crippen molar-refractivity contribution in [2.24, 2.45) is 0 Å². The molecule has 0 aliphatic rings. The molecule has 3 heteroatoms. The van der Waals surface area contributed by atoms with Crippen molar-refractivity contribution in [1.29, 1.82) is 0 Å². The summed E-state index contributed by atoms with van der Waals surface area (Å²) in [4.78, 5) is 10.0. The summed E-state index contributed by atoms with van der Waals surface area (Å²) >= 11 is 11.2. The molecule has 0 fully saturated rings. The molecule has 0 saturated heterocycles. The minimum absolute atomic E-state index is 0.200. The Hall–Kier alpha value is 0.250. The Bertz CT molecular complexity index is 85.1. The zero-order chi connectivity index (χ0) is 7.28. The minimum atomic E-state index is -0.522. The van der Waals surface area contributed by atoms with Crippen LogP contribution in [0.2, 0.25) is 0 Å². The van der Waals surface area contributed by atoms with Gasteiger partial charge < -0.3 is 4.79 Å². The molecule has 0 aromatic heterocycles. The van der Waals surface area contributed by atoms with Gasteiger partial charge in [0.15, 0.2) is 0 Å². The molecule has 2 atom stereocenters. The molecule has 2 unspecified atom stereocenters. The molecule has 0 aromatic carbocycles. The van der Waals surface area contributed by atoms with Crippen LogP contribution in [-0.2, 0) is 4.79 Å². The summed E-state index contributed by atoms with van der Waals surface area (Å²) in [6.07, 6.45) is 2.44. The van der Waals surface area contributed by atoms with Crippen LogP contribution in [0.3, 0.4) is 0 Å². The molecule has 54 valence electrons. The Kier molecular flexibility index (Phi) is 5.21. The third kappa shape index (κ3) is 3.77. The van der Waals surface area contributed by atoms with Crippen molar-refractivity contribution in [3.63, 3.8) is 0 Å². The van der Waals surface area contributed by atoms with Crippen LogP contribution < -0.4 is 0 Å². The molecule has 0 bridgehead atoms. The lowest BCUT2D eigenvalue weighted by molar-refractivity contribution is -0.107. The zero-order valence-electron chi connectivity index (χ0n) is 5.31. The van der Waals surface area contributed by atoms with E-state index in [1.165, 1.54) is 0 Å². The largest absolute Gasteiger partial charge is 0.302 e. The molecule has 0 rings (SSSR count). The molecule has 0 heterocycles. The number of hydrogen-bond donors (Lipinski definition) is 0. The Balaban J connectivity index is 3.44. The van der Waals surface area contributed by atoms with Gasteiger partial charge in [-0.05, 0) is 6.42 Å². The van der Waals surface area contributed by atoms with E-state index >= 15 is 0 Å². The minimum Gasteiger partial charge on any atom is -0.302 e. The molecule has 0 aliphatic heterocycles. The number of carbonyl (C=O) groups excluding carboxylic acids is 1. The van der Waals surface area contributed by atoms with Gasteiger partial charge in [-0.3, -0.25) is 0 Å². The highest BCUT2D eigenvalue weighted by Gasteiger charge is 2.13. The van der Waals surface area contributed by atoms with Gasteiger partial charge in [0.2, 0.25) is 0 Å². The monoisotopic (exact) mass is 168 g/mol. The van der Waals surface area contributed by atoms with E-state index < -0.39 is 5.38 Å². The highest BCUT2D eigenvalue weighted by molar-refractivity contribution is 6.35. The second-order valence-electron chi connectivity index (χ2n) is 1.89. The summed E-state index contributed by atoms with van der Waals surface area (Å²) in [7, 11) is 0. The van der Waals surface area contributed by atoms with Gasteiger partial charge in [0.1, 0.15) is 11.7 Å². The fraction of sp³-hybridized carbons (Fsp3) is 0.833. The normalized spacial score (nSPS) is 16.8. The van der Waals surface area contributed by atoms with Crippen molar-refractivity contribution >= 4 is 29.5 Å². The summed E-state index contributed by atoms with van der Waals surface area (Å²) in [5.41, 5.74) is 0. The van der Waals surface area contributed by atoms with Gasteiger partial charge in [-0.15, -0.1) is 23.2 Å². The van der Waals surface area contributed by atoms with E-state index in [0.717, 1.165) is 12.8 Å². The molecule has 1 nitrogen and oxygen atoms in total. The third-order valence-electron chi connectivity index (χ3n) is 1.04. The number of alkyl halides is 2. The topological polar surface area (TPSA) is 17.1 Å². The molecule has 0 aromatic rings. The van der Waals surface area contributed by atoms with E-state index in [0.29, 0.717) is 6.29 Å². The predicted octanol–water partition coefficient (Wildman–Crippen LogP) is 2.20. The van der Waals surface area contributed by atoms with Crippen molar-refractivity contribution in [3.8, 4) is 0 Å². The molecular formula is C6H10Cl2O. The van der Waals surface area contributed by atoms with Crippen molar-refractivity contribution in [3.05, 3.63) is 0 Å². The maximum atomic E-state index is 10.0. The van der Waals surface area contributed by atoms with Crippen LogP contribution in [0.5, 0.6) is 0 Å². The summed E-state index contributed by atoms with van der Waals surface area (Å²) < 4.78 is 0. The van der Waals surface area contributed by atoms with Gasteiger partial charge in [-0.1, -0.05) is 13.3 Å². The number of hydrogen-bond acceptors (Lipinski definition) is 1. The molecule has 0 saturated carbocycles. The number of aldehydes is 1. The van der Waals surface area contributed by atoms with E-state index in [2.05, 4.69) is 0 Å². The van der Waals surface area contributed by atoms with Gasteiger partial charge in [0, 0.05) is 0 Å². The SMILES string of the molecule is CCCC(Cl)C(Cl)C=O. The molecule has 0 radical (unpaired) electrons. The van der Waals surface area contributed by atoms with Crippen molar-refractivity contribution < 1.29 is 4.79 Å². The highest BCUT2D eigenvalue weighted by Crippen LogP contribution is 2.13. The Labute approximate surface area is 65.3 Å². The van der Waals surface area contributed by atoms with Gasteiger partial charge in [0.05, 0.1) is 5.38 Å². The maximum Gasteiger partial charge on any atom is 0.139 e. The Morgan fingerprint density at radius 1 is 1.56 bits per heavy atom. The van der Waals surface area contributed by atoms with Gasteiger partial charge in [0.25, 0.3) is 0 Å². The van der Waals surface area contributed by atoms with Gasteiger partial charge in [-0.25, -0.2) is 0 Å². The van der Waals surface area contributed by atoms with E-state index in [1.807, 2.05) is 6.92 Å². The molecular weight excluding hydrogens is 159 g/mol. The van der Waals surface area contributed by atoms with E-state index in [-0.39, 0.29) is 5.38 Å². The average molecular weight is 169 g/mol. The summed E-state index contributed by atoms with van der Waals surface area (Å²) in [5.74, 6) is 0. The number of rotatable bonds is 4. The lowest BCUT2D eigenvalue weighted by Crippen LogP contribution is -2.15. The third-order valence-corrected chi connectivity index (χ3v) is 2.07. The van der Waals surface area contributed by atoms with E-state index in [4.69, 9.17) is 23.2 Å². The van der Waals surface area contributed by atoms with Crippen LogP contribution in [0.4, 0.5) is 0 Å². The molecule has 0 spiro atoms. The smallest absolute Gasteiger partial charge is 0.139 e. The first-order chi connectivity index (χ1) is 4.22. The van der Waals surface area contributed by atoms with Crippen LogP contribution in [0, 0.1) is 0 Å². The van der Waals surface area contributed by atoms with Gasteiger partial charge >= 0.3 is 0 Å². The molecule has 0 amide bonds. The maximum absolute atomic E-state index is 10.0. The van der Waals surface area contributed by atoms with E-state index in [1.54, 1.807) is 0 Å².